The summed E-state index contributed by atoms with van der Waals surface area (Å²) in [5.41, 5.74) is 0.903. The number of nitrogens with zero attached hydrogens (tertiary/aromatic N) is 2. The first-order chi connectivity index (χ1) is 7.77. The molecule has 0 saturated carbocycles. The molecule has 0 radical (unpaired) electrons. The Hall–Kier alpha value is -1.29. The van der Waals surface area contributed by atoms with Crippen molar-refractivity contribution in [2.24, 2.45) is 0 Å². The van der Waals surface area contributed by atoms with Crippen molar-refractivity contribution in [3.8, 4) is 0 Å². The largest absolute Gasteiger partial charge is 0.284 e. The fourth-order valence-electron chi connectivity index (χ4n) is 2.07. The van der Waals surface area contributed by atoms with E-state index in [9.17, 15) is 4.79 Å². The zero-order valence-electron chi connectivity index (χ0n) is 9.01. The summed E-state index contributed by atoms with van der Waals surface area (Å²) >= 11 is 1.67. The molecule has 0 N–H and O–H groups in total. The molecule has 1 aliphatic heterocycles. The quantitative estimate of drug-likeness (QED) is 0.654. The average molecular weight is 232 g/mol. The molecule has 0 fully saturated rings. The summed E-state index contributed by atoms with van der Waals surface area (Å²) in [5, 5.41) is 1.59. The highest BCUT2D eigenvalue weighted by atomic mass is 32.2. The Labute approximate surface area is 97.5 Å². The van der Waals surface area contributed by atoms with Gasteiger partial charge in [-0.25, -0.2) is 4.98 Å². The maximum atomic E-state index is 12.3. The van der Waals surface area contributed by atoms with Gasteiger partial charge in [-0.1, -0.05) is 23.9 Å². The zero-order chi connectivity index (χ0) is 11.1. The van der Waals surface area contributed by atoms with Gasteiger partial charge < -0.3 is 0 Å². The summed E-state index contributed by atoms with van der Waals surface area (Å²) in [6.45, 7) is 2.08. The Morgan fingerprint density at radius 2 is 2.25 bits per heavy atom. The summed E-state index contributed by atoms with van der Waals surface area (Å²) in [4.78, 5) is 16.8. The summed E-state index contributed by atoms with van der Waals surface area (Å²) in [7, 11) is 0. The predicted molar refractivity (Wildman–Crippen MR) is 66.1 cm³/mol. The van der Waals surface area contributed by atoms with Gasteiger partial charge in [-0.15, -0.1) is 0 Å². The van der Waals surface area contributed by atoms with Gasteiger partial charge in [0.2, 0.25) is 0 Å². The highest BCUT2D eigenvalue weighted by Gasteiger charge is 2.20. The number of para-hydroxylation sites is 1. The van der Waals surface area contributed by atoms with Gasteiger partial charge in [0.25, 0.3) is 5.56 Å². The predicted octanol–water partition coefficient (Wildman–Crippen LogP) is 2.45. The topological polar surface area (TPSA) is 34.9 Å². The Morgan fingerprint density at radius 1 is 1.44 bits per heavy atom. The highest BCUT2D eigenvalue weighted by Crippen LogP contribution is 2.28. The minimum absolute atomic E-state index is 0.0975. The van der Waals surface area contributed by atoms with E-state index in [1.54, 1.807) is 11.8 Å². The lowest BCUT2D eigenvalue weighted by molar-refractivity contribution is 0.458. The average Bonchev–Trinajstić information content (AvgIpc) is 2.29. The smallest absolute Gasteiger partial charge is 0.262 e. The SMILES string of the molecule is C[C@@H]1CCSc2nc3ccccc3c(=O)n21. The molecular weight excluding hydrogens is 220 g/mol. The molecule has 0 amide bonds. The van der Waals surface area contributed by atoms with Gasteiger partial charge >= 0.3 is 0 Å². The molecule has 3 rings (SSSR count). The Kier molecular flexibility index (Phi) is 2.24. The molecule has 16 heavy (non-hydrogen) atoms. The number of fused-ring (bicyclic) bond motifs is 2. The molecule has 3 nitrogen and oxygen atoms in total. The van der Waals surface area contributed by atoms with E-state index >= 15 is 0 Å². The van der Waals surface area contributed by atoms with E-state index in [4.69, 9.17) is 0 Å². The van der Waals surface area contributed by atoms with Crippen LogP contribution in [0, 0.1) is 0 Å². The Morgan fingerprint density at radius 3 is 3.12 bits per heavy atom. The standard InChI is InChI=1S/C12H12N2OS/c1-8-6-7-16-12-13-10-5-3-2-4-9(10)11(15)14(8)12/h2-5,8H,6-7H2,1H3/t8-/m1/s1. The minimum atomic E-state index is 0.0975. The maximum absolute atomic E-state index is 12.3. The molecule has 0 bridgehead atoms. The van der Waals surface area contributed by atoms with E-state index in [2.05, 4.69) is 11.9 Å². The molecule has 1 aliphatic rings. The van der Waals surface area contributed by atoms with E-state index in [0.29, 0.717) is 0 Å². The zero-order valence-corrected chi connectivity index (χ0v) is 9.83. The van der Waals surface area contributed by atoms with Gasteiger partial charge in [-0.3, -0.25) is 9.36 Å². The van der Waals surface area contributed by atoms with Crippen molar-refractivity contribution < 1.29 is 0 Å². The van der Waals surface area contributed by atoms with Crippen LogP contribution in [-0.4, -0.2) is 15.3 Å². The Bertz CT molecular complexity index is 605. The third-order valence-corrected chi connectivity index (χ3v) is 3.97. The van der Waals surface area contributed by atoms with Crippen LogP contribution in [0.4, 0.5) is 0 Å². The normalized spacial score (nSPS) is 19.7. The van der Waals surface area contributed by atoms with E-state index < -0.39 is 0 Å². The van der Waals surface area contributed by atoms with Crippen LogP contribution in [0.25, 0.3) is 10.9 Å². The van der Waals surface area contributed by atoms with Crippen LogP contribution in [0.15, 0.2) is 34.2 Å². The second kappa shape index (κ2) is 3.63. The molecule has 0 saturated heterocycles. The lowest BCUT2D eigenvalue weighted by atomic mass is 10.2. The van der Waals surface area contributed by atoms with Crippen molar-refractivity contribution >= 4 is 22.7 Å². The number of benzene rings is 1. The third-order valence-electron chi connectivity index (χ3n) is 2.98. The van der Waals surface area contributed by atoms with E-state index in [-0.39, 0.29) is 11.6 Å². The number of hydrogen-bond acceptors (Lipinski definition) is 3. The highest BCUT2D eigenvalue weighted by molar-refractivity contribution is 7.99. The van der Waals surface area contributed by atoms with Crippen molar-refractivity contribution in [2.45, 2.75) is 24.5 Å². The van der Waals surface area contributed by atoms with Crippen LogP contribution < -0.4 is 5.56 Å². The van der Waals surface area contributed by atoms with Crippen LogP contribution >= 0.6 is 11.8 Å². The van der Waals surface area contributed by atoms with E-state index in [1.807, 2.05) is 28.8 Å². The number of hydrogen-bond donors (Lipinski definition) is 0. The fraction of sp³-hybridized carbons (Fsp3) is 0.333. The molecule has 2 heterocycles. The number of aromatic nitrogens is 2. The second-order valence-corrected chi connectivity index (χ2v) is 5.13. The summed E-state index contributed by atoms with van der Waals surface area (Å²) in [6, 6.07) is 7.82. The lowest BCUT2D eigenvalue weighted by Gasteiger charge is -2.23. The molecule has 0 spiro atoms. The maximum Gasteiger partial charge on any atom is 0.262 e. The molecule has 0 unspecified atom stereocenters. The van der Waals surface area contributed by atoms with Crippen LogP contribution in [0.5, 0.6) is 0 Å². The van der Waals surface area contributed by atoms with Gasteiger partial charge in [0.1, 0.15) is 0 Å². The Balaban J connectivity index is 2.41. The molecule has 0 aliphatic carbocycles. The molecule has 1 aromatic heterocycles. The third kappa shape index (κ3) is 1.37. The molecular formula is C12H12N2OS. The van der Waals surface area contributed by atoms with E-state index in [1.165, 1.54) is 0 Å². The summed E-state index contributed by atoms with van der Waals surface area (Å²) < 4.78 is 1.83. The van der Waals surface area contributed by atoms with Gasteiger partial charge in [-0.2, -0.15) is 0 Å². The lowest BCUT2D eigenvalue weighted by Crippen LogP contribution is -2.29. The first kappa shape index (κ1) is 9.90. The van der Waals surface area contributed by atoms with E-state index in [0.717, 1.165) is 28.2 Å². The fourth-order valence-corrected chi connectivity index (χ4v) is 3.27. The van der Waals surface area contributed by atoms with Gasteiger partial charge in [0, 0.05) is 11.8 Å². The summed E-state index contributed by atoms with van der Waals surface area (Å²) in [6.07, 6.45) is 1.04. The molecule has 82 valence electrons. The second-order valence-electron chi connectivity index (χ2n) is 4.07. The molecule has 4 heteroatoms. The van der Waals surface area contributed by atoms with Crippen molar-refractivity contribution in [3.63, 3.8) is 0 Å². The van der Waals surface area contributed by atoms with Crippen molar-refractivity contribution in [2.75, 3.05) is 5.75 Å². The minimum Gasteiger partial charge on any atom is -0.284 e. The van der Waals surface area contributed by atoms with Crippen molar-refractivity contribution in [1.29, 1.82) is 0 Å². The summed E-state index contributed by atoms with van der Waals surface area (Å²) in [5.74, 6) is 1.05. The first-order valence-corrected chi connectivity index (χ1v) is 6.40. The monoisotopic (exact) mass is 232 g/mol. The van der Waals surface area contributed by atoms with Crippen LogP contribution in [0.2, 0.25) is 0 Å². The van der Waals surface area contributed by atoms with Crippen molar-refractivity contribution in [3.05, 3.63) is 34.6 Å². The number of rotatable bonds is 0. The molecule has 2 aromatic rings. The molecule has 1 atom stereocenters. The number of thioether (sulfide) groups is 1. The van der Waals surface area contributed by atoms with Gasteiger partial charge in [0.05, 0.1) is 10.9 Å². The van der Waals surface area contributed by atoms with Crippen LogP contribution in [0.1, 0.15) is 19.4 Å². The van der Waals surface area contributed by atoms with Crippen LogP contribution in [0.3, 0.4) is 0 Å². The van der Waals surface area contributed by atoms with Gasteiger partial charge in [-0.05, 0) is 25.5 Å². The van der Waals surface area contributed by atoms with Gasteiger partial charge in [0.15, 0.2) is 5.16 Å². The van der Waals surface area contributed by atoms with Crippen LogP contribution in [-0.2, 0) is 0 Å². The first-order valence-electron chi connectivity index (χ1n) is 5.41. The van der Waals surface area contributed by atoms with Crippen molar-refractivity contribution in [1.82, 2.24) is 9.55 Å². The molecule has 1 aromatic carbocycles.